The van der Waals surface area contributed by atoms with E-state index < -0.39 is 11.7 Å². The Morgan fingerprint density at radius 1 is 1.45 bits per heavy atom. The molecule has 0 unspecified atom stereocenters. The molecule has 0 spiro atoms. The van der Waals surface area contributed by atoms with Crippen LogP contribution in [0.5, 0.6) is 0 Å². The Bertz CT molecular complexity index is 642. The Labute approximate surface area is 116 Å². The second kappa shape index (κ2) is 5.28. The number of hydrogen-bond acceptors (Lipinski definition) is 5. The van der Waals surface area contributed by atoms with Gasteiger partial charge in [0, 0.05) is 0 Å². The van der Waals surface area contributed by atoms with Gasteiger partial charge in [-0.3, -0.25) is 0 Å². The van der Waals surface area contributed by atoms with E-state index in [1.54, 1.807) is 43.5 Å². The van der Waals surface area contributed by atoms with E-state index in [1.165, 1.54) is 0 Å². The van der Waals surface area contributed by atoms with Crippen molar-refractivity contribution in [3.05, 3.63) is 30.2 Å². The highest BCUT2D eigenvalue weighted by Gasteiger charge is 2.16. The molecule has 7 heteroatoms. The number of ether oxygens (including phenoxy) is 1. The summed E-state index contributed by atoms with van der Waals surface area (Å²) >= 11 is 0. The van der Waals surface area contributed by atoms with E-state index in [2.05, 4.69) is 27.2 Å². The van der Waals surface area contributed by atoms with E-state index in [0.29, 0.717) is 17.2 Å². The summed E-state index contributed by atoms with van der Waals surface area (Å²) in [4.78, 5) is 11.6. The highest BCUT2D eigenvalue weighted by Crippen LogP contribution is 2.07. The molecule has 0 aliphatic heterocycles. The minimum atomic E-state index is -0.536. The lowest BCUT2D eigenvalue weighted by atomic mass is 10.2. The lowest BCUT2D eigenvalue weighted by Crippen LogP contribution is -2.32. The zero-order valence-electron chi connectivity index (χ0n) is 11.8. The van der Waals surface area contributed by atoms with Gasteiger partial charge in [0.2, 0.25) is 0 Å². The first kappa shape index (κ1) is 14.0. The number of aromatic nitrogens is 4. The van der Waals surface area contributed by atoms with E-state index in [-0.39, 0.29) is 6.54 Å². The fourth-order valence-corrected chi connectivity index (χ4v) is 1.53. The molecule has 0 radical (unpaired) electrons. The molecule has 0 aromatic carbocycles. The topological polar surface area (TPSA) is 81.4 Å². The average molecular weight is 275 g/mol. The third kappa shape index (κ3) is 3.31. The summed E-state index contributed by atoms with van der Waals surface area (Å²) in [5, 5.41) is 14.9. The molecular formula is C13H17N5O2. The minimum absolute atomic E-state index is 0.184. The first-order valence-corrected chi connectivity index (χ1v) is 6.20. The summed E-state index contributed by atoms with van der Waals surface area (Å²) < 4.78 is 6.71. The first-order valence-electron chi connectivity index (χ1n) is 6.20. The molecule has 2 aromatic rings. The predicted molar refractivity (Wildman–Crippen MR) is 73.9 cm³/mol. The van der Waals surface area contributed by atoms with E-state index in [9.17, 15) is 4.79 Å². The van der Waals surface area contributed by atoms with Crippen LogP contribution in [-0.2, 0) is 11.3 Å². The highest BCUT2D eigenvalue weighted by atomic mass is 16.6. The van der Waals surface area contributed by atoms with Crippen molar-refractivity contribution in [2.24, 2.45) is 0 Å². The van der Waals surface area contributed by atoms with Gasteiger partial charge in [-0.1, -0.05) is 6.58 Å². The maximum absolute atomic E-state index is 11.6. The number of alkyl carbamates (subject to hydrolysis) is 1. The van der Waals surface area contributed by atoms with Crippen molar-refractivity contribution >= 4 is 17.8 Å². The number of hydrogen-bond donors (Lipinski definition) is 1. The molecule has 0 fully saturated rings. The molecule has 0 aliphatic rings. The van der Waals surface area contributed by atoms with Crippen LogP contribution in [0.1, 0.15) is 32.3 Å². The van der Waals surface area contributed by atoms with E-state index in [1.807, 2.05) is 0 Å². The quantitative estimate of drug-likeness (QED) is 0.923. The standard InChI is InChI=1S/C13H17N5O2/c1-5-9-6-7-10-15-16-11(18(10)17-9)8-14-12(19)20-13(2,3)4/h5-7H,1,8H2,2-4H3,(H,14,19). The van der Waals surface area contributed by atoms with Crippen LogP contribution in [0.15, 0.2) is 18.7 Å². The largest absolute Gasteiger partial charge is 0.444 e. The molecule has 1 amide bonds. The van der Waals surface area contributed by atoms with Crippen LogP contribution in [0.2, 0.25) is 0 Å². The van der Waals surface area contributed by atoms with Gasteiger partial charge in [-0.25, -0.2) is 4.79 Å². The number of nitrogens with one attached hydrogen (secondary N) is 1. The number of nitrogens with zero attached hydrogens (tertiary/aromatic N) is 4. The summed E-state index contributed by atoms with van der Waals surface area (Å²) in [7, 11) is 0. The molecule has 0 atom stereocenters. The van der Waals surface area contributed by atoms with Crippen molar-refractivity contribution in [2.75, 3.05) is 0 Å². The maximum atomic E-state index is 11.6. The van der Waals surface area contributed by atoms with E-state index >= 15 is 0 Å². The van der Waals surface area contributed by atoms with E-state index in [0.717, 1.165) is 0 Å². The lowest BCUT2D eigenvalue weighted by molar-refractivity contribution is 0.0522. The average Bonchev–Trinajstić information content (AvgIpc) is 2.76. The molecule has 0 bridgehead atoms. The van der Waals surface area contributed by atoms with Crippen molar-refractivity contribution in [2.45, 2.75) is 32.9 Å². The molecular weight excluding hydrogens is 258 g/mol. The van der Waals surface area contributed by atoms with Crippen molar-refractivity contribution in [3.63, 3.8) is 0 Å². The van der Waals surface area contributed by atoms with Crippen LogP contribution in [-0.4, -0.2) is 31.5 Å². The number of carbonyl (C=O) groups excluding carboxylic acids is 1. The summed E-state index contributed by atoms with van der Waals surface area (Å²) in [6.07, 6.45) is 1.12. The lowest BCUT2D eigenvalue weighted by Gasteiger charge is -2.19. The van der Waals surface area contributed by atoms with Gasteiger partial charge >= 0.3 is 6.09 Å². The predicted octanol–water partition coefficient (Wildman–Crippen LogP) is 1.79. The fourth-order valence-electron chi connectivity index (χ4n) is 1.53. The number of rotatable bonds is 3. The van der Waals surface area contributed by atoms with Crippen LogP contribution in [0.4, 0.5) is 4.79 Å². The maximum Gasteiger partial charge on any atom is 0.408 e. The summed E-state index contributed by atoms with van der Waals surface area (Å²) in [5.41, 5.74) is 0.776. The molecule has 1 N–H and O–H groups in total. The van der Waals surface area contributed by atoms with Gasteiger partial charge in [-0.15, -0.1) is 10.2 Å². The first-order chi connectivity index (χ1) is 9.39. The van der Waals surface area contributed by atoms with Crippen LogP contribution >= 0.6 is 0 Å². The number of amides is 1. The van der Waals surface area contributed by atoms with Gasteiger partial charge in [0.25, 0.3) is 0 Å². The van der Waals surface area contributed by atoms with Crippen molar-refractivity contribution in [3.8, 4) is 0 Å². The summed E-state index contributed by atoms with van der Waals surface area (Å²) in [5.74, 6) is 0.523. The minimum Gasteiger partial charge on any atom is -0.444 e. The molecule has 0 saturated heterocycles. The second-order valence-corrected chi connectivity index (χ2v) is 5.20. The molecule has 0 aliphatic carbocycles. The van der Waals surface area contributed by atoms with Crippen LogP contribution in [0.3, 0.4) is 0 Å². The van der Waals surface area contributed by atoms with Crippen molar-refractivity contribution in [1.29, 1.82) is 0 Å². The molecule has 2 heterocycles. The number of fused-ring (bicyclic) bond motifs is 1. The third-order valence-electron chi connectivity index (χ3n) is 2.35. The Morgan fingerprint density at radius 2 is 2.20 bits per heavy atom. The fraction of sp³-hybridized carbons (Fsp3) is 0.385. The molecule has 2 rings (SSSR count). The zero-order chi connectivity index (χ0) is 14.8. The van der Waals surface area contributed by atoms with E-state index in [4.69, 9.17) is 4.74 Å². The van der Waals surface area contributed by atoms with Gasteiger partial charge in [0.15, 0.2) is 11.5 Å². The normalized spacial score (nSPS) is 11.3. The molecule has 7 nitrogen and oxygen atoms in total. The van der Waals surface area contributed by atoms with Gasteiger partial charge in [0.1, 0.15) is 5.60 Å². The van der Waals surface area contributed by atoms with Gasteiger partial charge in [0.05, 0.1) is 12.2 Å². The Kier molecular flexibility index (Phi) is 3.69. The van der Waals surface area contributed by atoms with Crippen LogP contribution < -0.4 is 5.32 Å². The molecule has 0 saturated carbocycles. The van der Waals surface area contributed by atoms with Crippen molar-refractivity contribution < 1.29 is 9.53 Å². The van der Waals surface area contributed by atoms with Gasteiger partial charge in [-0.2, -0.15) is 9.61 Å². The summed E-state index contributed by atoms with van der Waals surface area (Å²) in [6, 6.07) is 3.58. The Morgan fingerprint density at radius 3 is 2.85 bits per heavy atom. The van der Waals surface area contributed by atoms with Crippen LogP contribution in [0, 0.1) is 0 Å². The van der Waals surface area contributed by atoms with Crippen LogP contribution in [0.25, 0.3) is 11.7 Å². The zero-order valence-corrected chi connectivity index (χ0v) is 11.8. The smallest absolute Gasteiger partial charge is 0.408 e. The number of carbonyl (C=O) groups is 1. The SMILES string of the molecule is C=Cc1ccc2nnc(CNC(=O)OC(C)(C)C)n2n1. The summed E-state index contributed by atoms with van der Waals surface area (Å²) in [6.45, 7) is 9.25. The monoisotopic (exact) mass is 275 g/mol. The Hall–Kier alpha value is -2.44. The van der Waals surface area contributed by atoms with Gasteiger partial charge < -0.3 is 10.1 Å². The third-order valence-corrected chi connectivity index (χ3v) is 2.35. The Balaban J connectivity index is 2.10. The molecule has 20 heavy (non-hydrogen) atoms. The van der Waals surface area contributed by atoms with Crippen molar-refractivity contribution in [1.82, 2.24) is 25.1 Å². The van der Waals surface area contributed by atoms with Gasteiger partial charge in [-0.05, 0) is 39.0 Å². The highest BCUT2D eigenvalue weighted by molar-refractivity contribution is 5.67. The second-order valence-electron chi connectivity index (χ2n) is 5.20. The molecule has 2 aromatic heterocycles. The molecule has 106 valence electrons.